The van der Waals surface area contributed by atoms with Crippen LogP contribution in [0.5, 0.6) is 0 Å². The highest BCUT2D eigenvalue weighted by Gasteiger charge is 2.16. The lowest BCUT2D eigenvalue weighted by Crippen LogP contribution is -2.15. The molecule has 1 aromatic heterocycles. The minimum Gasteiger partial charge on any atom is -0.369 e. The third-order valence-corrected chi connectivity index (χ3v) is 2.60. The summed E-state index contributed by atoms with van der Waals surface area (Å²) >= 11 is 0. The number of aromatic nitrogens is 1. The lowest BCUT2D eigenvalue weighted by molar-refractivity contribution is -0.117. The van der Waals surface area contributed by atoms with Crippen LogP contribution in [0.2, 0.25) is 0 Å². The molecule has 1 amide bonds. The Morgan fingerprint density at radius 1 is 1.35 bits per heavy atom. The summed E-state index contributed by atoms with van der Waals surface area (Å²) in [5.74, 6) is -0.703. The molecule has 0 radical (unpaired) electrons. The number of benzene rings is 1. The first-order chi connectivity index (χ1) is 8.13. The number of nitrogens with two attached hydrogens (primary N) is 1. The highest BCUT2D eigenvalue weighted by atomic mass is 16.1. The molecular formula is C13H12N2O2. The van der Waals surface area contributed by atoms with Crippen molar-refractivity contribution in [1.82, 2.24) is 4.98 Å². The molecule has 0 fully saturated rings. The van der Waals surface area contributed by atoms with Crippen LogP contribution in [0.1, 0.15) is 16.1 Å². The number of hydrogen-bond acceptors (Lipinski definition) is 2. The Kier molecular flexibility index (Phi) is 2.78. The zero-order valence-corrected chi connectivity index (χ0v) is 9.19. The van der Waals surface area contributed by atoms with E-state index in [0.29, 0.717) is 11.3 Å². The number of allylic oxidation sites excluding steroid dienone is 1. The van der Waals surface area contributed by atoms with E-state index in [4.69, 9.17) is 5.73 Å². The van der Waals surface area contributed by atoms with Crippen LogP contribution in [0.25, 0.3) is 10.9 Å². The maximum atomic E-state index is 11.7. The molecule has 17 heavy (non-hydrogen) atoms. The summed E-state index contributed by atoms with van der Waals surface area (Å²) in [4.78, 5) is 25.7. The van der Waals surface area contributed by atoms with Crippen LogP contribution < -0.4 is 5.73 Å². The lowest BCUT2D eigenvalue weighted by atomic mass is 10.1. The minimum absolute atomic E-state index is 0.0406. The monoisotopic (exact) mass is 228 g/mol. The first kappa shape index (κ1) is 11.1. The van der Waals surface area contributed by atoms with Gasteiger partial charge in [-0.1, -0.05) is 24.8 Å². The molecule has 0 saturated heterocycles. The van der Waals surface area contributed by atoms with Crippen molar-refractivity contribution >= 4 is 22.6 Å². The van der Waals surface area contributed by atoms with Gasteiger partial charge in [0.25, 0.3) is 0 Å². The van der Waals surface area contributed by atoms with Crippen LogP contribution in [0.3, 0.4) is 0 Å². The first-order valence-corrected chi connectivity index (χ1v) is 5.18. The van der Waals surface area contributed by atoms with Gasteiger partial charge in [-0.15, -0.1) is 0 Å². The van der Waals surface area contributed by atoms with Crippen LogP contribution in [-0.2, 0) is 11.2 Å². The van der Waals surface area contributed by atoms with Crippen molar-refractivity contribution in [3.8, 4) is 0 Å². The van der Waals surface area contributed by atoms with Crippen LogP contribution >= 0.6 is 0 Å². The molecule has 0 aliphatic heterocycles. The fourth-order valence-electron chi connectivity index (χ4n) is 1.87. The van der Waals surface area contributed by atoms with E-state index in [-0.39, 0.29) is 12.2 Å². The standard InChI is InChI=1S/C13H12N2O2/c1-2-11(16)13-9(7-12(14)17)8-5-3-4-6-10(8)15-13/h2-6,15H,1,7H2,(H2,14,17). The van der Waals surface area contributed by atoms with E-state index in [1.165, 1.54) is 6.08 Å². The number of aromatic amines is 1. The number of ketones is 1. The summed E-state index contributed by atoms with van der Waals surface area (Å²) in [6.07, 6.45) is 1.26. The molecule has 86 valence electrons. The third kappa shape index (κ3) is 1.97. The van der Waals surface area contributed by atoms with Gasteiger partial charge >= 0.3 is 0 Å². The van der Waals surface area contributed by atoms with Gasteiger partial charge in [0.05, 0.1) is 12.1 Å². The molecule has 4 nitrogen and oxygen atoms in total. The molecule has 0 spiro atoms. The topological polar surface area (TPSA) is 75.9 Å². The Balaban J connectivity index is 2.68. The van der Waals surface area contributed by atoms with Gasteiger partial charge in [-0.2, -0.15) is 0 Å². The average molecular weight is 228 g/mol. The van der Waals surface area contributed by atoms with E-state index in [1.807, 2.05) is 24.3 Å². The first-order valence-electron chi connectivity index (χ1n) is 5.18. The van der Waals surface area contributed by atoms with Crippen LogP contribution in [0.15, 0.2) is 36.9 Å². The summed E-state index contributed by atoms with van der Waals surface area (Å²) in [5, 5.41) is 0.844. The van der Waals surface area contributed by atoms with E-state index in [0.717, 1.165) is 10.9 Å². The largest absolute Gasteiger partial charge is 0.369 e. The number of primary amides is 1. The van der Waals surface area contributed by atoms with E-state index < -0.39 is 5.91 Å². The van der Waals surface area contributed by atoms with Crippen molar-refractivity contribution in [3.63, 3.8) is 0 Å². The number of rotatable bonds is 4. The molecule has 1 heterocycles. The maximum absolute atomic E-state index is 11.7. The molecule has 2 aromatic rings. The predicted molar refractivity (Wildman–Crippen MR) is 65.7 cm³/mol. The number of H-pyrrole nitrogens is 1. The van der Waals surface area contributed by atoms with Gasteiger partial charge in [0.15, 0.2) is 0 Å². The van der Waals surface area contributed by atoms with Crippen LogP contribution in [-0.4, -0.2) is 16.7 Å². The molecule has 0 saturated carbocycles. The van der Waals surface area contributed by atoms with Gasteiger partial charge in [0.1, 0.15) is 0 Å². The maximum Gasteiger partial charge on any atom is 0.221 e. The van der Waals surface area contributed by atoms with Crippen LogP contribution in [0.4, 0.5) is 0 Å². The zero-order valence-electron chi connectivity index (χ0n) is 9.19. The molecule has 0 bridgehead atoms. The number of hydrogen-bond donors (Lipinski definition) is 2. The minimum atomic E-state index is -0.465. The van der Waals surface area contributed by atoms with E-state index in [2.05, 4.69) is 11.6 Å². The Hall–Kier alpha value is -2.36. The highest BCUT2D eigenvalue weighted by molar-refractivity contribution is 6.09. The quantitative estimate of drug-likeness (QED) is 0.615. The summed E-state index contributed by atoms with van der Waals surface area (Å²) in [7, 11) is 0. The number of carbonyl (C=O) groups is 2. The van der Waals surface area contributed by atoms with Crippen LogP contribution in [0, 0.1) is 0 Å². The van der Waals surface area contributed by atoms with E-state index in [1.54, 1.807) is 0 Å². The highest BCUT2D eigenvalue weighted by Crippen LogP contribution is 2.23. The second-order valence-corrected chi connectivity index (χ2v) is 3.74. The fourth-order valence-corrected chi connectivity index (χ4v) is 1.87. The smallest absolute Gasteiger partial charge is 0.221 e. The van der Waals surface area contributed by atoms with Crippen molar-refractivity contribution in [1.29, 1.82) is 0 Å². The van der Waals surface area contributed by atoms with Gasteiger partial charge in [0.2, 0.25) is 11.7 Å². The molecule has 1 aromatic carbocycles. The zero-order chi connectivity index (χ0) is 12.4. The van der Waals surface area contributed by atoms with Gasteiger partial charge < -0.3 is 10.7 Å². The van der Waals surface area contributed by atoms with Crippen molar-refractivity contribution in [3.05, 3.63) is 48.2 Å². The van der Waals surface area contributed by atoms with E-state index in [9.17, 15) is 9.59 Å². The predicted octanol–water partition coefficient (Wildman–Crippen LogP) is 1.56. The Labute approximate surface area is 98.1 Å². The summed E-state index contributed by atoms with van der Waals surface area (Å²) in [6, 6.07) is 7.40. The van der Waals surface area contributed by atoms with Crippen molar-refractivity contribution in [2.75, 3.05) is 0 Å². The van der Waals surface area contributed by atoms with Crippen molar-refractivity contribution in [2.24, 2.45) is 5.73 Å². The summed E-state index contributed by atoms with van der Waals surface area (Å²) < 4.78 is 0. The number of amides is 1. The molecule has 0 aliphatic rings. The van der Waals surface area contributed by atoms with Gasteiger partial charge in [-0.25, -0.2) is 0 Å². The van der Waals surface area contributed by atoms with Crippen molar-refractivity contribution < 1.29 is 9.59 Å². The molecule has 0 unspecified atom stereocenters. The normalized spacial score (nSPS) is 10.4. The molecule has 0 atom stereocenters. The third-order valence-electron chi connectivity index (χ3n) is 2.60. The molecule has 2 rings (SSSR count). The van der Waals surface area contributed by atoms with Gasteiger partial charge in [0, 0.05) is 10.9 Å². The lowest BCUT2D eigenvalue weighted by Gasteiger charge is -1.98. The Bertz CT molecular complexity index is 611. The summed E-state index contributed by atoms with van der Waals surface area (Å²) in [5.41, 5.74) is 7.03. The SMILES string of the molecule is C=CC(=O)c1[nH]c2ccccc2c1CC(N)=O. The Morgan fingerprint density at radius 3 is 2.71 bits per heavy atom. The average Bonchev–Trinajstić information content (AvgIpc) is 2.67. The number of para-hydroxylation sites is 1. The second kappa shape index (κ2) is 4.25. The molecular weight excluding hydrogens is 216 g/mol. The van der Waals surface area contributed by atoms with Crippen molar-refractivity contribution in [2.45, 2.75) is 6.42 Å². The summed E-state index contributed by atoms with van der Waals surface area (Å²) in [6.45, 7) is 3.44. The Morgan fingerprint density at radius 2 is 2.06 bits per heavy atom. The van der Waals surface area contributed by atoms with Gasteiger partial charge in [-0.3, -0.25) is 9.59 Å². The number of fused-ring (bicyclic) bond motifs is 1. The number of carbonyl (C=O) groups excluding carboxylic acids is 2. The molecule has 3 N–H and O–H groups in total. The number of nitrogens with one attached hydrogen (secondary N) is 1. The molecule has 0 aliphatic carbocycles. The second-order valence-electron chi connectivity index (χ2n) is 3.74. The molecule has 4 heteroatoms. The fraction of sp³-hybridized carbons (Fsp3) is 0.0769. The van der Waals surface area contributed by atoms with E-state index >= 15 is 0 Å². The van der Waals surface area contributed by atoms with Gasteiger partial charge in [-0.05, 0) is 17.7 Å².